The highest BCUT2D eigenvalue weighted by Gasteiger charge is 2.30. The van der Waals surface area contributed by atoms with Crippen molar-refractivity contribution in [1.29, 1.82) is 0 Å². The minimum atomic E-state index is -4.46. The van der Waals surface area contributed by atoms with E-state index in [-0.39, 0.29) is 16.3 Å². The number of hydrogen-bond acceptors (Lipinski definition) is 1. The molecule has 2 aromatic rings. The van der Waals surface area contributed by atoms with Gasteiger partial charge in [-0.05, 0) is 42.5 Å². The van der Waals surface area contributed by atoms with Crippen LogP contribution in [-0.2, 0) is 6.18 Å². The van der Waals surface area contributed by atoms with Gasteiger partial charge in [-0.3, -0.25) is 4.79 Å². The third-order valence-corrected chi connectivity index (χ3v) is 2.97. The van der Waals surface area contributed by atoms with E-state index in [0.29, 0.717) is 0 Å². The Kier molecular flexibility index (Phi) is 4.18. The van der Waals surface area contributed by atoms with Crippen LogP contribution in [-0.4, -0.2) is 5.91 Å². The summed E-state index contributed by atoms with van der Waals surface area (Å²) in [4.78, 5) is 11.9. The molecule has 0 aromatic heterocycles. The molecule has 2 nitrogen and oxygen atoms in total. The van der Waals surface area contributed by atoms with Gasteiger partial charge in [0.25, 0.3) is 5.91 Å². The third kappa shape index (κ3) is 3.72. The Balaban J connectivity index is 2.17. The fourth-order valence-electron chi connectivity index (χ4n) is 1.60. The average molecular weight is 318 g/mol. The number of nitrogens with one attached hydrogen (secondary N) is 1. The van der Waals surface area contributed by atoms with Crippen molar-refractivity contribution < 1.29 is 22.4 Å². The van der Waals surface area contributed by atoms with Crippen LogP contribution in [0.5, 0.6) is 0 Å². The lowest BCUT2D eigenvalue weighted by Gasteiger charge is -2.09. The Morgan fingerprint density at radius 1 is 1.05 bits per heavy atom. The summed E-state index contributed by atoms with van der Waals surface area (Å²) in [5.74, 6) is -1.20. The van der Waals surface area contributed by atoms with E-state index in [1.807, 2.05) is 0 Å². The lowest BCUT2D eigenvalue weighted by atomic mass is 10.1. The van der Waals surface area contributed by atoms with E-state index in [0.717, 1.165) is 36.4 Å². The second kappa shape index (κ2) is 5.73. The van der Waals surface area contributed by atoms with Crippen LogP contribution < -0.4 is 5.32 Å². The third-order valence-electron chi connectivity index (χ3n) is 2.65. The number of alkyl halides is 3. The monoisotopic (exact) mass is 317 g/mol. The molecule has 0 saturated carbocycles. The highest BCUT2D eigenvalue weighted by Crippen LogP contribution is 2.29. The molecule has 0 atom stereocenters. The lowest BCUT2D eigenvalue weighted by molar-refractivity contribution is -0.137. The SMILES string of the molecule is O=C(Nc1ccc(F)cc1Cl)c1ccc(C(F)(F)F)cc1. The quantitative estimate of drug-likeness (QED) is 0.796. The maximum Gasteiger partial charge on any atom is 0.416 e. The smallest absolute Gasteiger partial charge is 0.321 e. The zero-order chi connectivity index (χ0) is 15.6. The van der Waals surface area contributed by atoms with Gasteiger partial charge < -0.3 is 5.32 Å². The fraction of sp³-hybridized carbons (Fsp3) is 0.0714. The van der Waals surface area contributed by atoms with Crippen molar-refractivity contribution in [3.63, 3.8) is 0 Å². The van der Waals surface area contributed by atoms with Crippen molar-refractivity contribution in [3.05, 3.63) is 64.4 Å². The molecule has 0 heterocycles. The Morgan fingerprint density at radius 3 is 2.19 bits per heavy atom. The lowest BCUT2D eigenvalue weighted by Crippen LogP contribution is -2.13. The predicted molar refractivity (Wildman–Crippen MR) is 70.8 cm³/mol. The summed E-state index contributed by atoms with van der Waals surface area (Å²) in [6.45, 7) is 0. The molecule has 2 rings (SSSR count). The van der Waals surface area contributed by atoms with E-state index in [9.17, 15) is 22.4 Å². The van der Waals surface area contributed by atoms with Crippen LogP contribution in [0.2, 0.25) is 5.02 Å². The molecule has 0 saturated heterocycles. The summed E-state index contributed by atoms with van der Waals surface area (Å²) < 4.78 is 50.1. The van der Waals surface area contributed by atoms with Gasteiger partial charge in [0.2, 0.25) is 0 Å². The standard InChI is InChI=1S/C14H8ClF4NO/c15-11-7-10(16)5-6-12(11)20-13(21)8-1-3-9(4-2-8)14(17,18)19/h1-7H,(H,20,21). The van der Waals surface area contributed by atoms with E-state index >= 15 is 0 Å². The Bertz CT molecular complexity index is 668. The number of rotatable bonds is 2. The van der Waals surface area contributed by atoms with E-state index in [4.69, 9.17) is 11.6 Å². The van der Waals surface area contributed by atoms with Gasteiger partial charge in [-0.25, -0.2) is 4.39 Å². The van der Waals surface area contributed by atoms with E-state index in [1.165, 1.54) is 6.07 Å². The fourth-order valence-corrected chi connectivity index (χ4v) is 1.81. The van der Waals surface area contributed by atoms with Gasteiger partial charge in [-0.1, -0.05) is 11.6 Å². The van der Waals surface area contributed by atoms with Crippen molar-refractivity contribution in [1.82, 2.24) is 0 Å². The number of halogens is 5. The summed E-state index contributed by atoms with van der Waals surface area (Å²) in [6, 6.07) is 7.10. The van der Waals surface area contributed by atoms with Crippen molar-refractivity contribution in [2.24, 2.45) is 0 Å². The van der Waals surface area contributed by atoms with Gasteiger partial charge in [0, 0.05) is 5.56 Å². The van der Waals surface area contributed by atoms with Crippen LogP contribution in [0.25, 0.3) is 0 Å². The Hall–Kier alpha value is -2.08. The van der Waals surface area contributed by atoms with Gasteiger partial charge in [0.1, 0.15) is 5.82 Å². The van der Waals surface area contributed by atoms with E-state index in [2.05, 4.69) is 5.32 Å². The first-order chi connectivity index (χ1) is 9.77. The second-order valence-corrected chi connectivity index (χ2v) is 4.56. The summed E-state index contributed by atoms with van der Waals surface area (Å²) >= 11 is 5.74. The number of amides is 1. The molecule has 0 bridgehead atoms. The molecule has 21 heavy (non-hydrogen) atoms. The minimum absolute atomic E-state index is 0.00439. The number of carbonyl (C=O) groups excluding carboxylic acids is 1. The minimum Gasteiger partial charge on any atom is -0.321 e. The van der Waals surface area contributed by atoms with E-state index in [1.54, 1.807) is 0 Å². The maximum absolute atomic E-state index is 12.9. The molecule has 1 amide bonds. The van der Waals surface area contributed by atoms with Crippen molar-refractivity contribution in [3.8, 4) is 0 Å². The van der Waals surface area contributed by atoms with Gasteiger partial charge in [-0.15, -0.1) is 0 Å². The van der Waals surface area contributed by atoms with Crippen molar-refractivity contribution in [2.45, 2.75) is 6.18 Å². The van der Waals surface area contributed by atoms with Gasteiger partial charge in [0.05, 0.1) is 16.3 Å². The zero-order valence-electron chi connectivity index (χ0n) is 10.3. The largest absolute Gasteiger partial charge is 0.416 e. The summed E-state index contributed by atoms with van der Waals surface area (Å²) in [7, 11) is 0. The first kappa shape index (κ1) is 15.3. The molecule has 2 aromatic carbocycles. The van der Waals surface area contributed by atoms with E-state index < -0.39 is 23.5 Å². The summed E-state index contributed by atoms with van der Waals surface area (Å²) in [5, 5.41) is 2.39. The van der Waals surface area contributed by atoms with Crippen LogP contribution in [0, 0.1) is 5.82 Å². The van der Waals surface area contributed by atoms with Crippen molar-refractivity contribution in [2.75, 3.05) is 5.32 Å². The van der Waals surface area contributed by atoms with Gasteiger partial charge in [0.15, 0.2) is 0 Å². The Labute approximate surface area is 122 Å². The zero-order valence-corrected chi connectivity index (χ0v) is 11.1. The van der Waals surface area contributed by atoms with Gasteiger partial charge >= 0.3 is 6.18 Å². The number of hydrogen-bond donors (Lipinski definition) is 1. The first-order valence-electron chi connectivity index (χ1n) is 5.71. The second-order valence-electron chi connectivity index (χ2n) is 4.15. The first-order valence-corrected chi connectivity index (χ1v) is 6.09. The normalized spacial score (nSPS) is 11.3. The summed E-state index contributed by atoms with van der Waals surface area (Å²) in [5.41, 5.74) is -0.648. The van der Waals surface area contributed by atoms with Crippen LogP contribution in [0.15, 0.2) is 42.5 Å². The molecule has 0 spiro atoms. The Morgan fingerprint density at radius 2 is 1.67 bits per heavy atom. The molecule has 0 radical (unpaired) electrons. The molecule has 1 N–H and O–H groups in total. The molecule has 0 aliphatic rings. The number of carbonyl (C=O) groups is 1. The molecule has 0 aliphatic carbocycles. The van der Waals surface area contributed by atoms with Crippen LogP contribution in [0.3, 0.4) is 0 Å². The van der Waals surface area contributed by atoms with Crippen LogP contribution in [0.1, 0.15) is 15.9 Å². The molecule has 7 heteroatoms. The molecule has 110 valence electrons. The summed E-state index contributed by atoms with van der Waals surface area (Å²) in [6.07, 6.45) is -4.46. The maximum atomic E-state index is 12.9. The topological polar surface area (TPSA) is 29.1 Å². The van der Waals surface area contributed by atoms with Crippen molar-refractivity contribution >= 4 is 23.2 Å². The highest BCUT2D eigenvalue weighted by atomic mass is 35.5. The van der Waals surface area contributed by atoms with Gasteiger partial charge in [-0.2, -0.15) is 13.2 Å². The number of benzene rings is 2. The van der Waals surface area contributed by atoms with Crippen LogP contribution in [0.4, 0.5) is 23.2 Å². The average Bonchev–Trinajstić information content (AvgIpc) is 2.41. The predicted octanol–water partition coefficient (Wildman–Crippen LogP) is 4.75. The molecular weight excluding hydrogens is 310 g/mol. The molecular formula is C14H8ClF4NO. The molecule has 0 aliphatic heterocycles. The number of anilines is 1. The highest BCUT2D eigenvalue weighted by molar-refractivity contribution is 6.33. The van der Waals surface area contributed by atoms with Crippen LogP contribution >= 0.6 is 11.6 Å². The molecule has 0 fully saturated rings. The molecule has 0 unspecified atom stereocenters.